The molecule has 2 fully saturated rings. The molecule has 0 unspecified atom stereocenters. The summed E-state index contributed by atoms with van der Waals surface area (Å²) >= 11 is 0. The van der Waals surface area contributed by atoms with Crippen molar-refractivity contribution in [3.05, 3.63) is 72.4 Å². The molecular formula is C52H69N13O5Si. The lowest BCUT2D eigenvalue weighted by atomic mass is 9.92. The lowest BCUT2D eigenvalue weighted by Gasteiger charge is -2.32. The maximum atomic E-state index is 12.2. The van der Waals surface area contributed by atoms with Gasteiger partial charge in [-0.3, -0.25) is 9.89 Å². The lowest BCUT2D eigenvalue weighted by molar-refractivity contribution is -0.155. The topological polar surface area (TPSA) is 216 Å². The van der Waals surface area contributed by atoms with Crippen molar-refractivity contribution in [1.82, 2.24) is 39.9 Å². The number of nitrogens with two attached hydrogens (primary N) is 1. The summed E-state index contributed by atoms with van der Waals surface area (Å²) in [7, 11) is -1.15. The number of carbonyl (C=O) groups excluding carboxylic acids is 1. The smallest absolute Gasteiger partial charge is 0.306 e. The second-order valence-electron chi connectivity index (χ2n) is 21.2. The standard InChI is InChI=1S/C32H46N6O4Si.C20H23N7O/c1-22-25-10-9-24(20-27(25)38(36-22)21-40-18-19-43(5,6)7)33-31-34-26-14-17-41-29(26)30(35-31)37-15-12-23(13-16-37)8-11-28(39)42-32(2,3)4;1-12-15-3-2-14(10-17(15)26-25-12)22-20-23-16-6-9-28-18(16)19(24-20)27-7-4-13(11-21)5-8-27/h9-10,14,17,20,23H,8,11-13,15-16,18-19,21H2,1-7H3,(H,33,34,35);2-3,6,9-10,13H,4-5,7-8,11,21H2,1H3,(H,25,26)(H,22,23,24). The Balaban J connectivity index is 0.000000191. The highest BCUT2D eigenvalue weighted by Gasteiger charge is 2.27. The third-order valence-electron chi connectivity index (χ3n) is 13.3. The third-order valence-corrected chi connectivity index (χ3v) is 15.0. The number of ether oxygens (including phenoxy) is 2. The third kappa shape index (κ3) is 12.1. The van der Waals surface area contributed by atoms with Gasteiger partial charge in [0.05, 0.1) is 29.3 Å². The van der Waals surface area contributed by atoms with Crippen LogP contribution >= 0.6 is 0 Å². The van der Waals surface area contributed by atoms with Gasteiger partial charge in [-0.2, -0.15) is 20.2 Å². The average Bonchev–Trinajstić information content (AvgIpc) is 4.16. The largest absolute Gasteiger partial charge is 0.460 e. The Labute approximate surface area is 415 Å². The van der Waals surface area contributed by atoms with Gasteiger partial charge in [0.2, 0.25) is 11.9 Å². The number of fused-ring (bicyclic) bond motifs is 4. The van der Waals surface area contributed by atoms with E-state index in [1.54, 1.807) is 12.5 Å². The first-order chi connectivity index (χ1) is 34.1. The number of aromatic amines is 1. The van der Waals surface area contributed by atoms with E-state index in [0.29, 0.717) is 42.5 Å². The van der Waals surface area contributed by atoms with Crippen LogP contribution < -0.4 is 26.2 Å². The van der Waals surface area contributed by atoms with Gasteiger partial charge in [0, 0.05) is 87.3 Å². The van der Waals surface area contributed by atoms with Crippen molar-refractivity contribution in [2.45, 2.75) is 111 Å². The molecule has 6 aromatic heterocycles. The second-order valence-corrected chi connectivity index (χ2v) is 26.8. The number of rotatable bonds is 15. The van der Waals surface area contributed by atoms with Crippen LogP contribution in [-0.2, 0) is 21.0 Å². The van der Waals surface area contributed by atoms with Crippen LogP contribution in [0.3, 0.4) is 0 Å². The van der Waals surface area contributed by atoms with E-state index < -0.39 is 13.7 Å². The quantitative estimate of drug-likeness (QED) is 0.0427. The fourth-order valence-electron chi connectivity index (χ4n) is 9.29. The molecule has 19 heteroatoms. The number of carbonyl (C=O) groups is 1. The molecule has 71 heavy (non-hydrogen) atoms. The molecule has 376 valence electrons. The molecule has 0 bridgehead atoms. The Morgan fingerprint density at radius 1 is 0.789 bits per heavy atom. The Hall–Kier alpha value is -6.57. The molecule has 0 atom stereocenters. The predicted molar refractivity (Wildman–Crippen MR) is 284 cm³/mol. The van der Waals surface area contributed by atoms with Crippen LogP contribution in [0.25, 0.3) is 44.0 Å². The molecule has 0 aliphatic carbocycles. The Bertz CT molecular complexity index is 3100. The maximum Gasteiger partial charge on any atom is 0.306 e. The maximum absolute atomic E-state index is 12.2. The highest BCUT2D eigenvalue weighted by Crippen LogP contribution is 2.34. The van der Waals surface area contributed by atoms with Crippen molar-refractivity contribution >= 4 is 93.0 Å². The van der Waals surface area contributed by atoms with Crippen LogP contribution in [0.1, 0.15) is 70.7 Å². The number of aromatic nitrogens is 8. The van der Waals surface area contributed by atoms with Gasteiger partial charge in [-0.25, -0.2) is 14.6 Å². The van der Waals surface area contributed by atoms with E-state index >= 15 is 0 Å². The van der Waals surface area contributed by atoms with Gasteiger partial charge >= 0.3 is 5.97 Å². The second kappa shape index (κ2) is 21.0. The summed E-state index contributed by atoms with van der Waals surface area (Å²) < 4.78 is 24.9. The molecular weight excluding hydrogens is 915 g/mol. The van der Waals surface area contributed by atoms with Gasteiger partial charge < -0.3 is 44.5 Å². The first kappa shape index (κ1) is 49.4. The first-order valence-electron chi connectivity index (χ1n) is 25.0. The summed E-state index contributed by atoms with van der Waals surface area (Å²) in [5.41, 5.74) is 14.1. The van der Waals surface area contributed by atoms with Crippen molar-refractivity contribution in [1.29, 1.82) is 0 Å². The van der Waals surface area contributed by atoms with E-state index in [4.69, 9.17) is 44.1 Å². The molecule has 2 aromatic carbocycles. The number of nitrogens with zero attached hydrogens (tertiary/aromatic N) is 9. The summed E-state index contributed by atoms with van der Waals surface area (Å²) in [6, 6.07) is 17.1. The monoisotopic (exact) mass is 984 g/mol. The summed E-state index contributed by atoms with van der Waals surface area (Å²) in [6.45, 7) is 22.3. The SMILES string of the molecule is Cc1[nH]nc2cc(Nc3nc(N4CCC(CN)CC4)c4occc4n3)ccc12.Cc1nn(COCC[Si](C)(C)C)c2cc(Nc3nc(N4CCC(CCC(=O)OC(C)(C)C)CC4)c4occc4n3)ccc12. The van der Waals surface area contributed by atoms with Gasteiger partial charge in [-0.1, -0.05) is 19.6 Å². The number of furan rings is 2. The van der Waals surface area contributed by atoms with E-state index in [1.165, 1.54) is 0 Å². The molecule has 0 spiro atoms. The van der Waals surface area contributed by atoms with E-state index in [-0.39, 0.29) is 5.97 Å². The average molecular weight is 984 g/mol. The molecule has 2 aliphatic heterocycles. The van der Waals surface area contributed by atoms with Crippen LogP contribution in [0.15, 0.2) is 69.9 Å². The van der Waals surface area contributed by atoms with Crippen molar-refractivity contribution in [2.24, 2.45) is 17.6 Å². The van der Waals surface area contributed by atoms with E-state index in [9.17, 15) is 4.79 Å². The van der Waals surface area contributed by atoms with Crippen LogP contribution in [0.2, 0.25) is 25.7 Å². The molecule has 18 nitrogen and oxygen atoms in total. The zero-order chi connectivity index (χ0) is 49.9. The number of piperidine rings is 2. The first-order valence-corrected chi connectivity index (χ1v) is 28.7. The highest BCUT2D eigenvalue weighted by atomic mass is 28.3. The molecule has 0 amide bonds. The molecule has 5 N–H and O–H groups in total. The lowest BCUT2D eigenvalue weighted by Crippen LogP contribution is -2.36. The van der Waals surface area contributed by atoms with Crippen molar-refractivity contribution in [2.75, 3.05) is 59.8 Å². The van der Waals surface area contributed by atoms with E-state index in [2.05, 4.69) is 67.4 Å². The molecule has 0 saturated carbocycles. The minimum atomic E-state index is -1.15. The van der Waals surface area contributed by atoms with E-state index in [0.717, 1.165) is 150 Å². The van der Waals surface area contributed by atoms with Crippen LogP contribution in [0.5, 0.6) is 0 Å². The predicted octanol–water partition coefficient (Wildman–Crippen LogP) is 10.6. The van der Waals surface area contributed by atoms with Crippen molar-refractivity contribution < 1.29 is 23.1 Å². The molecule has 8 aromatic rings. The number of hydrogen-bond donors (Lipinski definition) is 4. The fraction of sp³-hybridized carbons (Fsp3) is 0.481. The molecule has 8 heterocycles. The van der Waals surface area contributed by atoms with Crippen LogP contribution in [0.4, 0.5) is 34.9 Å². The van der Waals surface area contributed by atoms with Gasteiger partial charge in [0.15, 0.2) is 22.8 Å². The zero-order valence-corrected chi connectivity index (χ0v) is 43.5. The molecule has 0 radical (unpaired) electrons. The van der Waals surface area contributed by atoms with Gasteiger partial charge in [-0.05, 0) is 128 Å². The Morgan fingerprint density at radius 2 is 1.37 bits per heavy atom. The zero-order valence-electron chi connectivity index (χ0n) is 42.5. The van der Waals surface area contributed by atoms with Crippen molar-refractivity contribution in [3.63, 3.8) is 0 Å². The fourth-order valence-corrected chi connectivity index (χ4v) is 10.0. The highest BCUT2D eigenvalue weighted by molar-refractivity contribution is 6.76. The number of aryl methyl sites for hydroxylation is 2. The Morgan fingerprint density at radius 3 is 1.94 bits per heavy atom. The number of H-pyrrole nitrogens is 1. The Kier molecular flexibility index (Phi) is 14.6. The molecule has 2 saturated heterocycles. The molecule has 10 rings (SSSR count). The van der Waals surface area contributed by atoms with E-state index in [1.807, 2.05) is 75.7 Å². The van der Waals surface area contributed by atoms with Gasteiger partial charge in [0.25, 0.3) is 0 Å². The number of anilines is 6. The number of benzene rings is 2. The minimum absolute atomic E-state index is 0.121. The summed E-state index contributed by atoms with van der Waals surface area (Å²) in [5.74, 6) is 3.65. The normalized spacial score (nSPS) is 15.2. The minimum Gasteiger partial charge on any atom is -0.460 e. The molecule has 2 aliphatic rings. The number of esters is 1. The van der Waals surface area contributed by atoms with Gasteiger partial charge in [0.1, 0.15) is 23.4 Å². The van der Waals surface area contributed by atoms with Crippen LogP contribution in [0, 0.1) is 25.7 Å². The summed E-state index contributed by atoms with van der Waals surface area (Å²) in [6.07, 6.45) is 8.74. The summed E-state index contributed by atoms with van der Waals surface area (Å²) in [4.78, 5) is 35.8. The van der Waals surface area contributed by atoms with Crippen molar-refractivity contribution in [3.8, 4) is 0 Å². The number of nitrogens with one attached hydrogen (secondary N) is 3. The van der Waals surface area contributed by atoms with Gasteiger partial charge in [-0.15, -0.1) is 0 Å². The number of hydrogen-bond acceptors (Lipinski definition) is 16. The van der Waals surface area contributed by atoms with Crippen LogP contribution in [-0.4, -0.2) is 98.9 Å². The summed E-state index contributed by atoms with van der Waals surface area (Å²) in [5, 5.41) is 21.0.